The molecular formula is C19H30IN3O2. The van der Waals surface area contributed by atoms with E-state index in [4.69, 9.17) is 9.47 Å². The third-order valence-electron chi connectivity index (χ3n) is 4.68. The van der Waals surface area contributed by atoms with Crippen molar-refractivity contribution in [1.82, 2.24) is 10.6 Å². The Morgan fingerprint density at radius 2 is 2.08 bits per heavy atom. The van der Waals surface area contributed by atoms with Crippen molar-refractivity contribution in [2.75, 3.05) is 20.2 Å². The van der Waals surface area contributed by atoms with Crippen LogP contribution in [0.2, 0.25) is 0 Å². The van der Waals surface area contributed by atoms with Crippen LogP contribution in [0.3, 0.4) is 0 Å². The van der Waals surface area contributed by atoms with E-state index in [2.05, 4.69) is 41.6 Å². The number of para-hydroxylation sites is 1. The van der Waals surface area contributed by atoms with E-state index in [-0.39, 0.29) is 41.7 Å². The number of hydrogen-bond donors (Lipinski definition) is 2. The van der Waals surface area contributed by atoms with Gasteiger partial charge in [-0.15, -0.1) is 24.0 Å². The lowest BCUT2D eigenvalue weighted by molar-refractivity contribution is 0.0193. The molecule has 2 aliphatic rings. The van der Waals surface area contributed by atoms with E-state index < -0.39 is 0 Å². The van der Waals surface area contributed by atoms with Crippen molar-refractivity contribution in [2.45, 2.75) is 57.3 Å². The minimum Gasteiger partial charge on any atom is -0.487 e. The highest BCUT2D eigenvalue weighted by Gasteiger charge is 2.34. The quantitative estimate of drug-likeness (QED) is 0.412. The first-order valence-electron chi connectivity index (χ1n) is 8.94. The summed E-state index contributed by atoms with van der Waals surface area (Å²) in [5.41, 5.74) is 0.992. The van der Waals surface area contributed by atoms with Crippen molar-refractivity contribution in [3.05, 3.63) is 29.8 Å². The Labute approximate surface area is 168 Å². The number of benzene rings is 1. The number of fused-ring (bicyclic) bond motifs is 1. The molecule has 3 rings (SSSR count). The van der Waals surface area contributed by atoms with Gasteiger partial charge in [-0.3, -0.25) is 4.99 Å². The highest BCUT2D eigenvalue weighted by atomic mass is 127. The Hall–Kier alpha value is -1.02. The predicted molar refractivity (Wildman–Crippen MR) is 112 cm³/mol. The lowest BCUT2D eigenvalue weighted by Crippen LogP contribution is -2.47. The van der Waals surface area contributed by atoms with Crippen molar-refractivity contribution >= 4 is 29.9 Å². The number of aliphatic imine (C=N–C) groups is 1. The predicted octanol–water partition coefficient (Wildman–Crippen LogP) is 3.64. The van der Waals surface area contributed by atoms with Gasteiger partial charge in [0, 0.05) is 32.2 Å². The molecule has 0 bridgehead atoms. The van der Waals surface area contributed by atoms with E-state index in [1.54, 1.807) is 0 Å². The molecule has 0 aromatic heterocycles. The van der Waals surface area contributed by atoms with Gasteiger partial charge in [-0.2, -0.15) is 0 Å². The van der Waals surface area contributed by atoms with E-state index in [1.165, 1.54) is 18.4 Å². The van der Waals surface area contributed by atoms with Gasteiger partial charge in [-0.1, -0.05) is 18.2 Å². The number of halogens is 1. The van der Waals surface area contributed by atoms with Crippen LogP contribution in [0.1, 0.15) is 51.1 Å². The summed E-state index contributed by atoms with van der Waals surface area (Å²) in [6.07, 6.45) is 4.73. The van der Waals surface area contributed by atoms with Gasteiger partial charge < -0.3 is 20.1 Å². The van der Waals surface area contributed by atoms with Crippen molar-refractivity contribution in [3.63, 3.8) is 0 Å². The summed E-state index contributed by atoms with van der Waals surface area (Å²) in [4.78, 5) is 4.39. The zero-order chi connectivity index (χ0) is 17.0. The molecule has 6 heteroatoms. The number of ether oxygens (including phenoxy) is 2. The second-order valence-electron chi connectivity index (χ2n) is 7.24. The fraction of sp³-hybridized carbons (Fsp3) is 0.632. The first-order chi connectivity index (χ1) is 11.6. The van der Waals surface area contributed by atoms with Crippen LogP contribution in [-0.2, 0) is 4.74 Å². The maximum atomic E-state index is 6.10. The average molecular weight is 459 g/mol. The fourth-order valence-electron chi connectivity index (χ4n) is 3.47. The molecule has 25 heavy (non-hydrogen) atoms. The van der Waals surface area contributed by atoms with Gasteiger partial charge in [0.05, 0.1) is 12.1 Å². The molecule has 2 atom stereocenters. The number of nitrogens with one attached hydrogen (secondary N) is 2. The molecule has 2 aliphatic heterocycles. The second-order valence-corrected chi connectivity index (χ2v) is 7.24. The van der Waals surface area contributed by atoms with Crippen LogP contribution < -0.4 is 15.4 Å². The molecule has 1 saturated heterocycles. The van der Waals surface area contributed by atoms with Crippen molar-refractivity contribution in [3.8, 4) is 5.75 Å². The molecule has 2 heterocycles. The van der Waals surface area contributed by atoms with Crippen LogP contribution in [0.4, 0.5) is 0 Å². The highest BCUT2D eigenvalue weighted by Crippen LogP contribution is 2.39. The SMILES string of the molecule is CN=C(NCC1CCCCO1)NC1CC(C)(C)Oc2ccccc21.I. The molecule has 2 N–H and O–H groups in total. The number of hydrogen-bond acceptors (Lipinski definition) is 3. The first kappa shape index (κ1) is 20.3. The van der Waals surface area contributed by atoms with E-state index >= 15 is 0 Å². The van der Waals surface area contributed by atoms with Crippen LogP contribution in [0, 0.1) is 0 Å². The normalized spacial score (nSPS) is 25.2. The second kappa shape index (κ2) is 9.07. The van der Waals surface area contributed by atoms with Gasteiger partial charge in [-0.05, 0) is 39.2 Å². The average Bonchev–Trinajstić information content (AvgIpc) is 2.58. The largest absolute Gasteiger partial charge is 0.487 e. The van der Waals surface area contributed by atoms with Gasteiger partial charge in [0.15, 0.2) is 5.96 Å². The molecule has 5 nitrogen and oxygen atoms in total. The van der Waals surface area contributed by atoms with Gasteiger partial charge >= 0.3 is 0 Å². The summed E-state index contributed by atoms with van der Waals surface area (Å²) in [5, 5.41) is 6.98. The van der Waals surface area contributed by atoms with Crippen molar-refractivity contribution in [2.24, 2.45) is 4.99 Å². The minimum absolute atomic E-state index is 0. The van der Waals surface area contributed by atoms with E-state index in [0.29, 0.717) is 0 Å². The summed E-state index contributed by atoms with van der Waals surface area (Å²) in [5.74, 6) is 1.78. The molecule has 1 aromatic carbocycles. The molecule has 0 aliphatic carbocycles. The van der Waals surface area contributed by atoms with Gasteiger partial charge in [0.25, 0.3) is 0 Å². The summed E-state index contributed by atoms with van der Waals surface area (Å²) in [7, 11) is 1.81. The zero-order valence-electron chi connectivity index (χ0n) is 15.4. The third kappa shape index (κ3) is 5.48. The first-order valence-corrected chi connectivity index (χ1v) is 8.94. The summed E-state index contributed by atoms with van der Waals surface area (Å²) in [6, 6.07) is 8.42. The Morgan fingerprint density at radius 3 is 2.80 bits per heavy atom. The maximum Gasteiger partial charge on any atom is 0.191 e. The molecule has 0 radical (unpaired) electrons. The van der Waals surface area contributed by atoms with E-state index in [0.717, 1.165) is 37.7 Å². The standard InChI is InChI=1S/C19H29N3O2.HI/c1-19(2)12-16(15-9-4-5-10-17(15)24-19)22-18(20-3)21-13-14-8-6-7-11-23-14;/h4-5,9-10,14,16H,6-8,11-13H2,1-3H3,(H2,20,21,22);1H. The molecule has 0 saturated carbocycles. The van der Waals surface area contributed by atoms with Crippen LogP contribution in [-0.4, -0.2) is 37.9 Å². The Bertz CT molecular complexity index is 586. The highest BCUT2D eigenvalue weighted by molar-refractivity contribution is 14.0. The molecule has 140 valence electrons. The van der Waals surface area contributed by atoms with E-state index in [9.17, 15) is 0 Å². The maximum absolute atomic E-state index is 6.10. The van der Waals surface area contributed by atoms with Crippen molar-refractivity contribution in [1.29, 1.82) is 0 Å². The van der Waals surface area contributed by atoms with Crippen LogP contribution >= 0.6 is 24.0 Å². The molecule has 0 amide bonds. The van der Waals surface area contributed by atoms with Crippen molar-refractivity contribution < 1.29 is 9.47 Å². The molecular weight excluding hydrogens is 429 g/mol. The van der Waals surface area contributed by atoms with E-state index in [1.807, 2.05) is 19.2 Å². The fourth-order valence-corrected chi connectivity index (χ4v) is 3.47. The van der Waals surface area contributed by atoms with Crippen LogP contribution in [0.15, 0.2) is 29.3 Å². The smallest absolute Gasteiger partial charge is 0.191 e. The van der Waals surface area contributed by atoms with Crippen LogP contribution in [0.25, 0.3) is 0 Å². The Morgan fingerprint density at radius 1 is 1.28 bits per heavy atom. The summed E-state index contributed by atoms with van der Waals surface area (Å²) < 4.78 is 11.9. The summed E-state index contributed by atoms with van der Waals surface area (Å²) >= 11 is 0. The van der Waals surface area contributed by atoms with Gasteiger partial charge in [-0.25, -0.2) is 0 Å². The Balaban J connectivity index is 0.00000225. The lowest BCUT2D eigenvalue weighted by Gasteiger charge is -2.38. The minimum atomic E-state index is -0.197. The monoisotopic (exact) mass is 459 g/mol. The number of rotatable bonds is 3. The van der Waals surface area contributed by atoms with Gasteiger partial charge in [0.2, 0.25) is 0 Å². The molecule has 1 aromatic rings. The van der Waals surface area contributed by atoms with Gasteiger partial charge in [0.1, 0.15) is 11.4 Å². The summed E-state index contributed by atoms with van der Waals surface area (Å²) in [6.45, 7) is 5.93. The molecule has 0 spiro atoms. The van der Waals surface area contributed by atoms with Crippen LogP contribution in [0.5, 0.6) is 5.75 Å². The molecule has 1 fully saturated rings. The third-order valence-corrected chi connectivity index (χ3v) is 4.68. The molecule has 2 unspecified atom stereocenters. The topological polar surface area (TPSA) is 54.9 Å². The zero-order valence-corrected chi connectivity index (χ0v) is 17.7. The number of guanidine groups is 1. The number of nitrogens with zero attached hydrogens (tertiary/aromatic N) is 1. The lowest BCUT2D eigenvalue weighted by atomic mass is 9.90. The Kier molecular flexibility index (Phi) is 7.37.